The standard InChI is InChI=1S/C23H35IO4/c1-2-3-4-11-17-27-22(25)15-9-7-5-6-8-10-16-23(26)28-19-20-13-12-14-21(24)18-20/h12-14,18H,2-11,15-17,19H2,1H3. The van der Waals surface area contributed by atoms with Gasteiger partial charge in [-0.25, -0.2) is 0 Å². The Morgan fingerprint density at radius 1 is 0.821 bits per heavy atom. The van der Waals surface area contributed by atoms with Gasteiger partial charge in [0.05, 0.1) is 6.61 Å². The largest absolute Gasteiger partial charge is 0.466 e. The van der Waals surface area contributed by atoms with E-state index in [1.54, 1.807) is 0 Å². The Balaban J connectivity index is 1.89. The van der Waals surface area contributed by atoms with Crippen molar-refractivity contribution in [2.45, 2.75) is 90.6 Å². The van der Waals surface area contributed by atoms with Crippen LogP contribution in [-0.2, 0) is 25.7 Å². The van der Waals surface area contributed by atoms with E-state index in [4.69, 9.17) is 9.47 Å². The second-order valence-corrected chi connectivity index (χ2v) is 8.44. The summed E-state index contributed by atoms with van der Waals surface area (Å²) < 4.78 is 11.7. The van der Waals surface area contributed by atoms with Crippen LogP contribution in [0.3, 0.4) is 0 Å². The Bertz CT molecular complexity index is 559. The third-order valence-electron chi connectivity index (χ3n) is 4.56. The Hall–Kier alpha value is -1.11. The van der Waals surface area contributed by atoms with E-state index in [-0.39, 0.29) is 11.9 Å². The zero-order chi connectivity index (χ0) is 20.5. The molecule has 0 atom stereocenters. The summed E-state index contributed by atoms with van der Waals surface area (Å²) in [5.41, 5.74) is 1.03. The van der Waals surface area contributed by atoms with Gasteiger partial charge in [0.1, 0.15) is 6.61 Å². The number of carbonyl (C=O) groups is 2. The van der Waals surface area contributed by atoms with Gasteiger partial charge in [0, 0.05) is 16.4 Å². The molecule has 0 aliphatic heterocycles. The number of unbranched alkanes of at least 4 members (excludes halogenated alkanes) is 8. The van der Waals surface area contributed by atoms with Crippen LogP contribution in [0, 0.1) is 3.57 Å². The van der Waals surface area contributed by atoms with Crippen molar-refractivity contribution < 1.29 is 19.1 Å². The maximum absolute atomic E-state index is 11.8. The highest BCUT2D eigenvalue weighted by Gasteiger charge is 2.05. The quantitative estimate of drug-likeness (QED) is 0.146. The molecule has 0 aliphatic carbocycles. The predicted molar refractivity (Wildman–Crippen MR) is 121 cm³/mol. The highest BCUT2D eigenvalue weighted by Crippen LogP contribution is 2.12. The Morgan fingerprint density at radius 2 is 1.43 bits per heavy atom. The summed E-state index contributed by atoms with van der Waals surface area (Å²) >= 11 is 2.25. The molecule has 0 aliphatic rings. The van der Waals surface area contributed by atoms with Gasteiger partial charge in [0.25, 0.3) is 0 Å². The Labute approximate surface area is 183 Å². The number of carbonyl (C=O) groups excluding carboxylic acids is 2. The molecular formula is C23H35IO4. The summed E-state index contributed by atoms with van der Waals surface area (Å²) in [6, 6.07) is 7.98. The van der Waals surface area contributed by atoms with E-state index in [0.29, 0.717) is 26.1 Å². The van der Waals surface area contributed by atoms with Gasteiger partial charge in [-0.2, -0.15) is 0 Å². The number of ether oxygens (including phenoxy) is 2. The molecule has 0 aromatic heterocycles. The smallest absolute Gasteiger partial charge is 0.306 e. The maximum atomic E-state index is 11.8. The van der Waals surface area contributed by atoms with Crippen molar-refractivity contribution in [1.29, 1.82) is 0 Å². The van der Waals surface area contributed by atoms with E-state index < -0.39 is 0 Å². The van der Waals surface area contributed by atoms with Crippen molar-refractivity contribution in [2.75, 3.05) is 6.61 Å². The van der Waals surface area contributed by atoms with E-state index in [1.165, 1.54) is 12.8 Å². The molecule has 0 heterocycles. The fourth-order valence-corrected chi connectivity index (χ4v) is 3.50. The summed E-state index contributed by atoms with van der Waals surface area (Å²) in [5.74, 6) is -0.187. The molecule has 0 N–H and O–H groups in total. The van der Waals surface area contributed by atoms with Crippen molar-refractivity contribution >= 4 is 34.5 Å². The minimum Gasteiger partial charge on any atom is -0.466 e. The molecule has 0 fully saturated rings. The molecule has 1 rings (SSSR count). The SMILES string of the molecule is CCCCCCOC(=O)CCCCCCCCC(=O)OCc1cccc(I)c1. The van der Waals surface area contributed by atoms with Crippen molar-refractivity contribution in [1.82, 2.24) is 0 Å². The molecule has 28 heavy (non-hydrogen) atoms. The fraction of sp³-hybridized carbons (Fsp3) is 0.652. The molecule has 158 valence electrons. The minimum absolute atomic E-state index is 0.0626. The van der Waals surface area contributed by atoms with Crippen LogP contribution in [0.2, 0.25) is 0 Å². The lowest BCUT2D eigenvalue weighted by molar-refractivity contribution is -0.145. The fourth-order valence-electron chi connectivity index (χ4n) is 2.90. The van der Waals surface area contributed by atoms with E-state index >= 15 is 0 Å². The van der Waals surface area contributed by atoms with Gasteiger partial charge < -0.3 is 9.47 Å². The average molecular weight is 502 g/mol. The van der Waals surface area contributed by atoms with Crippen LogP contribution in [0.4, 0.5) is 0 Å². The number of hydrogen-bond donors (Lipinski definition) is 0. The molecular weight excluding hydrogens is 467 g/mol. The lowest BCUT2D eigenvalue weighted by Gasteiger charge is -2.06. The molecule has 4 nitrogen and oxygen atoms in total. The van der Waals surface area contributed by atoms with Crippen molar-refractivity contribution in [3.63, 3.8) is 0 Å². The van der Waals surface area contributed by atoms with E-state index in [1.807, 2.05) is 24.3 Å². The second-order valence-electron chi connectivity index (χ2n) is 7.19. The zero-order valence-electron chi connectivity index (χ0n) is 17.2. The number of benzene rings is 1. The molecule has 1 aromatic rings. The second kappa shape index (κ2) is 16.8. The van der Waals surface area contributed by atoms with Crippen LogP contribution in [0.25, 0.3) is 0 Å². The first kappa shape index (κ1) is 24.9. The normalized spacial score (nSPS) is 10.6. The predicted octanol–water partition coefficient (Wildman–Crippen LogP) is 6.58. The Kier molecular flexibility index (Phi) is 15.0. The first-order chi connectivity index (χ1) is 13.6. The van der Waals surface area contributed by atoms with Crippen LogP contribution < -0.4 is 0 Å². The Morgan fingerprint density at radius 3 is 2.07 bits per heavy atom. The van der Waals surface area contributed by atoms with E-state index in [0.717, 1.165) is 60.5 Å². The summed E-state index contributed by atoms with van der Waals surface area (Å²) in [5, 5.41) is 0. The van der Waals surface area contributed by atoms with Crippen molar-refractivity contribution in [3.8, 4) is 0 Å². The number of halogens is 1. The zero-order valence-corrected chi connectivity index (χ0v) is 19.4. The van der Waals surface area contributed by atoms with Gasteiger partial charge in [-0.3, -0.25) is 9.59 Å². The third kappa shape index (κ3) is 14.0. The molecule has 0 amide bonds. The molecule has 1 aromatic carbocycles. The summed E-state index contributed by atoms with van der Waals surface area (Å²) in [6.07, 6.45) is 11.6. The highest BCUT2D eigenvalue weighted by molar-refractivity contribution is 14.1. The highest BCUT2D eigenvalue weighted by atomic mass is 127. The van der Waals surface area contributed by atoms with Crippen LogP contribution in [0.1, 0.15) is 89.5 Å². The third-order valence-corrected chi connectivity index (χ3v) is 5.23. The molecule has 0 saturated heterocycles. The number of hydrogen-bond acceptors (Lipinski definition) is 4. The van der Waals surface area contributed by atoms with Gasteiger partial charge in [-0.15, -0.1) is 0 Å². The first-order valence-electron chi connectivity index (χ1n) is 10.7. The van der Waals surface area contributed by atoms with E-state index in [9.17, 15) is 9.59 Å². The topological polar surface area (TPSA) is 52.6 Å². The monoisotopic (exact) mass is 502 g/mol. The molecule has 0 unspecified atom stereocenters. The maximum Gasteiger partial charge on any atom is 0.306 e. The van der Waals surface area contributed by atoms with Gasteiger partial charge in [0.15, 0.2) is 0 Å². The number of esters is 2. The van der Waals surface area contributed by atoms with Crippen LogP contribution >= 0.6 is 22.6 Å². The van der Waals surface area contributed by atoms with Gasteiger partial charge in [0.2, 0.25) is 0 Å². The van der Waals surface area contributed by atoms with Crippen molar-refractivity contribution in [2.24, 2.45) is 0 Å². The van der Waals surface area contributed by atoms with E-state index in [2.05, 4.69) is 29.5 Å². The van der Waals surface area contributed by atoms with Gasteiger partial charge in [-0.1, -0.05) is 64.0 Å². The van der Waals surface area contributed by atoms with Crippen LogP contribution in [0.15, 0.2) is 24.3 Å². The summed E-state index contributed by atoms with van der Waals surface area (Å²) in [7, 11) is 0. The minimum atomic E-state index is -0.124. The molecule has 0 radical (unpaired) electrons. The molecule has 0 spiro atoms. The van der Waals surface area contributed by atoms with Crippen LogP contribution in [-0.4, -0.2) is 18.5 Å². The molecule has 0 bridgehead atoms. The van der Waals surface area contributed by atoms with Crippen molar-refractivity contribution in [3.05, 3.63) is 33.4 Å². The molecule has 5 heteroatoms. The van der Waals surface area contributed by atoms with Gasteiger partial charge >= 0.3 is 11.9 Å². The first-order valence-corrected chi connectivity index (χ1v) is 11.8. The lowest BCUT2D eigenvalue weighted by atomic mass is 10.1. The lowest BCUT2D eigenvalue weighted by Crippen LogP contribution is -2.05. The summed E-state index contributed by atoms with van der Waals surface area (Å²) in [4.78, 5) is 23.4. The number of rotatable bonds is 16. The average Bonchev–Trinajstić information content (AvgIpc) is 2.68. The van der Waals surface area contributed by atoms with Gasteiger partial charge in [-0.05, 0) is 59.5 Å². The van der Waals surface area contributed by atoms with Crippen LogP contribution in [0.5, 0.6) is 0 Å². The summed E-state index contributed by atoms with van der Waals surface area (Å²) in [6.45, 7) is 3.09. The molecule has 0 saturated carbocycles.